The molecule has 1 amide bonds. The molecule has 0 N–H and O–H groups in total. The molecular weight excluding hydrogens is 455 g/mol. The standard InChI is InChI=1S/C26H17FN2O4S/c1-13-6-9-19-17(10-13)23(30)21-22(14-4-3-5-16(11-14)32-2)29(25(31)24(21)33-19)26-28-18-8-7-15(27)12-20(18)34-26/h3-12,22H,1-2H3. The van der Waals surface area contributed by atoms with E-state index in [0.29, 0.717) is 37.6 Å². The van der Waals surface area contributed by atoms with Gasteiger partial charge in [-0.3, -0.25) is 14.5 Å². The minimum absolute atomic E-state index is 0.0143. The van der Waals surface area contributed by atoms with Crippen LogP contribution in [0.4, 0.5) is 9.52 Å². The molecule has 1 aliphatic heterocycles. The smallest absolute Gasteiger partial charge is 0.297 e. The number of carbonyl (C=O) groups excluding carboxylic acids is 1. The molecule has 6 rings (SSSR count). The largest absolute Gasteiger partial charge is 0.497 e. The lowest BCUT2D eigenvalue weighted by atomic mass is 9.98. The first-order chi connectivity index (χ1) is 16.4. The number of ether oxygens (including phenoxy) is 1. The molecule has 34 heavy (non-hydrogen) atoms. The van der Waals surface area contributed by atoms with E-state index < -0.39 is 11.9 Å². The van der Waals surface area contributed by atoms with E-state index in [0.717, 1.165) is 5.56 Å². The number of halogens is 1. The molecular formula is C26H17FN2O4S. The number of anilines is 1. The zero-order chi connectivity index (χ0) is 23.6. The van der Waals surface area contributed by atoms with Crippen molar-refractivity contribution in [3.8, 4) is 5.75 Å². The molecule has 0 saturated carbocycles. The molecule has 3 aromatic carbocycles. The van der Waals surface area contributed by atoms with Crippen molar-refractivity contribution in [3.05, 3.63) is 99.2 Å². The first-order valence-corrected chi connectivity index (χ1v) is 11.4. The summed E-state index contributed by atoms with van der Waals surface area (Å²) in [5, 5.41) is 0.761. The van der Waals surface area contributed by atoms with Gasteiger partial charge >= 0.3 is 0 Å². The van der Waals surface area contributed by atoms with Crippen LogP contribution in [0.15, 0.2) is 69.9 Å². The topological polar surface area (TPSA) is 72.6 Å². The number of amides is 1. The van der Waals surface area contributed by atoms with E-state index in [-0.39, 0.29) is 22.6 Å². The first kappa shape index (κ1) is 20.6. The zero-order valence-corrected chi connectivity index (χ0v) is 19.0. The summed E-state index contributed by atoms with van der Waals surface area (Å²) >= 11 is 1.18. The Hall–Kier alpha value is -4.04. The third-order valence-corrected chi connectivity index (χ3v) is 7.00. The molecule has 0 saturated heterocycles. The van der Waals surface area contributed by atoms with Crippen molar-refractivity contribution in [2.75, 3.05) is 12.0 Å². The number of hydrogen-bond acceptors (Lipinski definition) is 6. The van der Waals surface area contributed by atoms with Gasteiger partial charge in [-0.1, -0.05) is 35.1 Å². The van der Waals surface area contributed by atoms with Gasteiger partial charge in [-0.15, -0.1) is 0 Å². The summed E-state index contributed by atoms with van der Waals surface area (Å²) in [5.74, 6) is -0.284. The van der Waals surface area contributed by atoms with Crippen molar-refractivity contribution in [1.29, 1.82) is 0 Å². The third kappa shape index (κ3) is 3.03. The van der Waals surface area contributed by atoms with Gasteiger partial charge in [-0.05, 0) is 55.0 Å². The summed E-state index contributed by atoms with van der Waals surface area (Å²) in [7, 11) is 1.55. The average Bonchev–Trinajstić information content (AvgIpc) is 3.38. The van der Waals surface area contributed by atoms with E-state index in [2.05, 4.69) is 4.98 Å². The predicted octanol–water partition coefficient (Wildman–Crippen LogP) is 5.61. The van der Waals surface area contributed by atoms with Crippen molar-refractivity contribution in [3.63, 3.8) is 0 Å². The van der Waals surface area contributed by atoms with Gasteiger partial charge < -0.3 is 9.15 Å². The van der Waals surface area contributed by atoms with Gasteiger partial charge in [-0.25, -0.2) is 9.37 Å². The molecule has 2 aromatic heterocycles. The lowest BCUT2D eigenvalue weighted by Gasteiger charge is -2.22. The fraction of sp³-hybridized carbons (Fsp3) is 0.115. The highest BCUT2D eigenvalue weighted by molar-refractivity contribution is 7.22. The molecule has 0 aliphatic carbocycles. The monoisotopic (exact) mass is 472 g/mol. The van der Waals surface area contributed by atoms with E-state index >= 15 is 0 Å². The highest BCUT2D eigenvalue weighted by atomic mass is 32.1. The number of rotatable bonds is 3. The van der Waals surface area contributed by atoms with Gasteiger partial charge in [0.05, 0.1) is 34.3 Å². The van der Waals surface area contributed by atoms with Crippen LogP contribution in [0.1, 0.15) is 33.3 Å². The maximum absolute atomic E-state index is 13.8. The highest BCUT2D eigenvalue weighted by Crippen LogP contribution is 2.44. The molecule has 8 heteroatoms. The SMILES string of the molecule is COc1cccc(C2c3c(oc4ccc(C)cc4c3=O)C(=O)N2c2nc3ccc(F)cc3s2)c1. The number of aromatic nitrogens is 1. The highest BCUT2D eigenvalue weighted by Gasteiger charge is 2.45. The van der Waals surface area contributed by atoms with Crippen LogP contribution in [0.3, 0.4) is 0 Å². The number of fused-ring (bicyclic) bond motifs is 3. The molecule has 0 spiro atoms. The van der Waals surface area contributed by atoms with Gasteiger partial charge in [-0.2, -0.15) is 0 Å². The maximum Gasteiger partial charge on any atom is 0.297 e. The quantitative estimate of drug-likeness (QED) is 0.341. The van der Waals surface area contributed by atoms with Crippen LogP contribution >= 0.6 is 11.3 Å². The molecule has 5 aromatic rings. The minimum atomic E-state index is -0.774. The second kappa shape index (κ2) is 7.50. The Morgan fingerprint density at radius 3 is 2.76 bits per heavy atom. The predicted molar refractivity (Wildman–Crippen MR) is 128 cm³/mol. The van der Waals surface area contributed by atoms with Crippen molar-refractivity contribution < 1.29 is 18.3 Å². The lowest BCUT2D eigenvalue weighted by molar-refractivity contribution is 0.0971. The van der Waals surface area contributed by atoms with Crippen LogP contribution < -0.4 is 15.1 Å². The molecule has 3 heterocycles. The first-order valence-electron chi connectivity index (χ1n) is 10.6. The van der Waals surface area contributed by atoms with Crippen molar-refractivity contribution in [2.24, 2.45) is 0 Å². The Morgan fingerprint density at radius 1 is 1.09 bits per heavy atom. The Morgan fingerprint density at radius 2 is 1.94 bits per heavy atom. The average molecular weight is 472 g/mol. The molecule has 6 nitrogen and oxygen atoms in total. The number of carbonyl (C=O) groups is 1. The summed E-state index contributed by atoms with van der Waals surface area (Å²) in [6.45, 7) is 1.89. The molecule has 168 valence electrons. The van der Waals surface area contributed by atoms with Crippen LogP contribution in [-0.2, 0) is 0 Å². The molecule has 0 radical (unpaired) electrons. The van der Waals surface area contributed by atoms with Crippen LogP contribution in [-0.4, -0.2) is 18.0 Å². The van der Waals surface area contributed by atoms with Gasteiger partial charge in [0.2, 0.25) is 5.76 Å². The van der Waals surface area contributed by atoms with Gasteiger partial charge in [0.15, 0.2) is 10.6 Å². The van der Waals surface area contributed by atoms with Crippen LogP contribution in [0.5, 0.6) is 5.75 Å². The second-order valence-electron chi connectivity index (χ2n) is 8.14. The van der Waals surface area contributed by atoms with Gasteiger partial charge in [0, 0.05) is 0 Å². The Labute approximate surface area is 196 Å². The van der Waals surface area contributed by atoms with Crippen LogP contribution in [0.2, 0.25) is 0 Å². The minimum Gasteiger partial charge on any atom is -0.497 e. The normalized spacial score (nSPS) is 15.3. The summed E-state index contributed by atoms with van der Waals surface area (Å²) in [6, 6.07) is 16.0. The fourth-order valence-corrected chi connectivity index (χ4v) is 5.42. The van der Waals surface area contributed by atoms with Crippen molar-refractivity contribution in [2.45, 2.75) is 13.0 Å². The van der Waals surface area contributed by atoms with Crippen LogP contribution in [0, 0.1) is 12.7 Å². The molecule has 1 unspecified atom stereocenters. The van der Waals surface area contributed by atoms with E-state index in [1.54, 1.807) is 43.5 Å². The molecule has 1 aliphatic rings. The number of thiazole rings is 1. The molecule has 1 atom stereocenters. The van der Waals surface area contributed by atoms with Crippen molar-refractivity contribution in [1.82, 2.24) is 4.98 Å². The Kier molecular flexibility index (Phi) is 4.53. The van der Waals surface area contributed by atoms with E-state index in [9.17, 15) is 14.0 Å². The number of aryl methyl sites for hydroxylation is 1. The number of nitrogens with zero attached hydrogens (tertiary/aromatic N) is 2. The molecule has 0 fully saturated rings. The van der Waals surface area contributed by atoms with Crippen molar-refractivity contribution >= 4 is 43.6 Å². The van der Waals surface area contributed by atoms with E-state index in [1.165, 1.54) is 28.4 Å². The van der Waals surface area contributed by atoms with Gasteiger partial charge in [0.25, 0.3) is 5.91 Å². The maximum atomic E-state index is 13.8. The second-order valence-corrected chi connectivity index (χ2v) is 9.15. The Bertz CT molecular complexity index is 1690. The van der Waals surface area contributed by atoms with E-state index in [1.807, 2.05) is 19.1 Å². The third-order valence-electron chi connectivity index (χ3n) is 5.98. The fourth-order valence-electron chi connectivity index (χ4n) is 4.40. The summed E-state index contributed by atoms with van der Waals surface area (Å²) in [6.07, 6.45) is 0. The van der Waals surface area contributed by atoms with E-state index in [4.69, 9.17) is 9.15 Å². The summed E-state index contributed by atoms with van der Waals surface area (Å²) < 4.78 is 25.8. The molecule has 0 bridgehead atoms. The summed E-state index contributed by atoms with van der Waals surface area (Å²) in [5.41, 5.74) is 2.48. The number of hydrogen-bond donors (Lipinski definition) is 0. The Balaban J connectivity index is 1.64. The zero-order valence-electron chi connectivity index (χ0n) is 18.2. The van der Waals surface area contributed by atoms with Gasteiger partial charge in [0.1, 0.15) is 17.1 Å². The lowest BCUT2D eigenvalue weighted by Crippen LogP contribution is -2.29. The number of benzene rings is 3. The number of methoxy groups -OCH3 is 1. The summed E-state index contributed by atoms with van der Waals surface area (Å²) in [4.78, 5) is 33.4. The van der Waals surface area contributed by atoms with Crippen LogP contribution in [0.25, 0.3) is 21.2 Å².